The number of rotatable bonds is 5. The maximum atomic E-state index is 14.0. The van der Waals surface area contributed by atoms with Gasteiger partial charge in [-0.15, -0.1) is 0 Å². The molecule has 0 spiro atoms. The second-order valence-electron chi connectivity index (χ2n) is 8.36. The van der Waals surface area contributed by atoms with Gasteiger partial charge in [0.25, 0.3) is 0 Å². The van der Waals surface area contributed by atoms with Crippen LogP contribution >= 0.6 is 11.8 Å². The van der Waals surface area contributed by atoms with Crippen LogP contribution in [0.2, 0.25) is 0 Å². The van der Waals surface area contributed by atoms with E-state index in [9.17, 15) is 9.18 Å². The fourth-order valence-corrected chi connectivity index (χ4v) is 5.10. The number of carbonyl (C=O) groups excluding carboxylic acids is 1. The number of nitrogens with one attached hydrogen (secondary N) is 1. The molecule has 36 heavy (non-hydrogen) atoms. The van der Waals surface area contributed by atoms with Crippen molar-refractivity contribution in [3.63, 3.8) is 0 Å². The Balaban J connectivity index is 1.36. The van der Waals surface area contributed by atoms with Gasteiger partial charge in [-0.1, -0.05) is 84.6 Å². The Bertz CT molecular complexity index is 1610. The summed E-state index contributed by atoms with van der Waals surface area (Å²) in [5.41, 5.74) is 2.91. The number of para-hydroxylation sites is 1. The van der Waals surface area contributed by atoms with E-state index in [1.54, 1.807) is 12.1 Å². The van der Waals surface area contributed by atoms with Crippen molar-refractivity contribution in [1.82, 2.24) is 9.97 Å². The van der Waals surface area contributed by atoms with Crippen molar-refractivity contribution in [2.45, 2.75) is 11.4 Å². The van der Waals surface area contributed by atoms with Gasteiger partial charge < -0.3 is 10.1 Å². The van der Waals surface area contributed by atoms with E-state index >= 15 is 0 Å². The average molecular weight is 494 g/mol. The third-order valence-electron chi connectivity index (χ3n) is 6.01. The van der Waals surface area contributed by atoms with Crippen LogP contribution in [-0.2, 0) is 11.2 Å². The van der Waals surface area contributed by atoms with Crippen LogP contribution in [0.15, 0.2) is 96.0 Å². The van der Waals surface area contributed by atoms with Gasteiger partial charge >= 0.3 is 0 Å². The van der Waals surface area contributed by atoms with Gasteiger partial charge in [-0.2, -0.15) is 4.98 Å². The number of ether oxygens (including phenoxy) is 1. The molecule has 2 heterocycles. The summed E-state index contributed by atoms with van der Waals surface area (Å²) in [6, 6.07) is 28.0. The van der Waals surface area contributed by atoms with Gasteiger partial charge in [0.15, 0.2) is 5.82 Å². The smallest absolute Gasteiger partial charge is 0.234 e. The number of aromatic nitrogens is 2. The van der Waals surface area contributed by atoms with E-state index in [4.69, 9.17) is 14.7 Å². The lowest BCUT2D eigenvalue weighted by Crippen LogP contribution is -2.16. The van der Waals surface area contributed by atoms with Gasteiger partial charge in [-0.05, 0) is 29.0 Å². The number of carbonyl (C=O) groups is 1. The Hall–Kier alpha value is -4.23. The number of thioether (sulfide) groups is 1. The van der Waals surface area contributed by atoms with Crippen LogP contribution in [0.1, 0.15) is 11.1 Å². The van der Waals surface area contributed by atoms with Crippen LogP contribution in [0.3, 0.4) is 0 Å². The number of halogens is 1. The molecule has 0 atom stereocenters. The molecule has 176 valence electrons. The zero-order valence-corrected chi connectivity index (χ0v) is 19.9. The van der Waals surface area contributed by atoms with Crippen LogP contribution < -0.4 is 10.1 Å². The summed E-state index contributed by atoms with van der Waals surface area (Å²) in [5, 5.41) is 5.55. The van der Waals surface area contributed by atoms with Gasteiger partial charge in [0, 0.05) is 17.5 Å². The van der Waals surface area contributed by atoms with E-state index in [1.165, 1.54) is 23.9 Å². The van der Waals surface area contributed by atoms with Crippen molar-refractivity contribution < 1.29 is 13.9 Å². The first-order valence-corrected chi connectivity index (χ1v) is 12.5. The molecule has 4 aromatic carbocycles. The molecular formula is C29H20FN3O2S. The number of nitrogens with zero attached hydrogens (tertiary/aromatic N) is 2. The monoisotopic (exact) mass is 493 g/mol. The van der Waals surface area contributed by atoms with E-state index in [-0.39, 0.29) is 17.3 Å². The predicted molar refractivity (Wildman–Crippen MR) is 140 cm³/mol. The standard InChI is InChI=1S/C29H20FN3O2S/c30-23-12-6-7-13-24(23)31-26(34)17-36-29-22-16-21-20-11-5-4-8-18(20)14-15-25(21)35-28(22)32-27(33-29)19-9-2-1-3-10-19/h1-15H,16-17H2,(H,31,34). The maximum Gasteiger partial charge on any atom is 0.234 e. The number of hydrogen-bond acceptors (Lipinski definition) is 5. The predicted octanol–water partition coefficient (Wildman–Crippen LogP) is 6.86. The molecule has 0 bridgehead atoms. The highest BCUT2D eigenvalue weighted by Crippen LogP contribution is 2.43. The quantitative estimate of drug-likeness (QED) is 0.210. The molecule has 0 aliphatic carbocycles. The number of anilines is 1. The summed E-state index contributed by atoms with van der Waals surface area (Å²) in [5.74, 6) is 1.06. The lowest BCUT2D eigenvalue weighted by molar-refractivity contribution is -0.113. The molecule has 7 heteroatoms. The second kappa shape index (κ2) is 9.43. The van der Waals surface area contributed by atoms with Crippen LogP contribution in [0.5, 0.6) is 11.6 Å². The minimum absolute atomic E-state index is 0.0639. The minimum atomic E-state index is -0.474. The van der Waals surface area contributed by atoms with E-state index in [0.29, 0.717) is 23.2 Å². The fraction of sp³-hybridized carbons (Fsp3) is 0.0690. The Morgan fingerprint density at radius 2 is 1.67 bits per heavy atom. The number of amides is 1. The first-order chi connectivity index (χ1) is 17.7. The van der Waals surface area contributed by atoms with Gasteiger partial charge in [-0.3, -0.25) is 4.79 Å². The molecule has 0 unspecified atom stereocenters. The van der Waals surface area contributed by atoms with Gasteiger partial charge in [-0.25, -0.2) is 9.37 Å². The third kappa shape index (κ3) is 4.29. The number of fused-ring (bicyclic) bond motifs is 4. The molecule has 0 saturated heterocycles. The summed E-state index contributed by atoms with van der Waals surface area (Å²) < 4.78 is 20.3. The average Bonchev–Trinajstić information content (AvgIpc) is 2.92. The van der Waals surface area contributed by atoms with Crippen molar-refractivity contribution in [1.29, 1.82) is 0 Å². The molecule has 1 aliphatic rings. The molecule has 5 nitrogen and oxygen atoms in total. The van der Waals surface area contributed by atoms with E-state index in [1.807, 2.05) is 54.6 Å². The van der Waals surface area contributed by atoms with Crippen LogP contribution in [-0.4, -0.2) is 21.6 Å². The van der Waals surface area contributed by atoms with Crippen LogP contribution in [0, 0.1) is 5.82 Å². The molecule has 1 N–H and O–H groups in total. The molecule has 6 rings (SSSR count). The van der Waals surface area contributed by atoms with E-state index < -0.39 is 5.82 Å². The first kappa shape index (κ1) is 22.2. The molecule has 1 aromatic heterocycles. The molecule has 5 aromatic rings. The lowest BCUT2D eigenvalue weighted by atomic mass is 9.97. The zero-order valence-electron chi connectivity index (χ0n) is 19.1. The summed E-state index contributed by atoms with van der Waals surface area (Å²) in [6.45, 7) is 0. The lowest BCUT2D eigenvalue weighted by Gasteiger charge is -2.23. The summed E-state index contributed by atoms with van der Waals surface area (Å²) in [4.78, 5) is 22.2. The summed E-state index contributed by atoms with van der Waals surface area (Å²) in [7, 11) is 0. The van der Waals surface area contributed by atoms with Crippen LogP contribution in [0.4, 0.5) is 10.1 Å². The number of hydrogen-bond donors (Lipinski definition) is 1. The summed E-state index contributed by atoms with van der Waals surface area (Å²) >= 11 is 1.29. The highest BCUT2D eigenvalue weighted by molar-refractivity contribution is 8.00. The summed E-state index contributed by atoms with van der Waals surface area (Å²) in [6.07, 6.45) is 0.582. The highest BCUT2D eigenvalue weighted by Gasteiger charge is 2.26. The van der Waals surface area contributed by atoms with Crippen molar-refractivity contribution in [3.8, 4) is 23.0 Å². The fourth-order valence-electron chi connectivity index (χ4n) is 4.27. The van der Waals surface area contributed by atoms with Crippen molar-refractivity contribution in [3.05, 3.63) is 108 Å². The van der Waals surface area contributed by atoms with Crippen LogP contribution in [0.25, 0.3) is 22.2 Å². The number of benzene rings is 4. The molecule has 0 fully saturated rings. The molecule has 0 radical (unpaired) electrons. The van der Waals surface area contributed by atoms with E-state index in [0.717, 1.165) is 33.2 Å². The van der Waals surface area contributed by atoms with Gasteiger partial charge in [0.05, 0.1) is 17.0 Å². The normalized spacial score (nSPS) is 11.9. The molecular weight excluding hydrogens is 473 g/mol. The second-order valence-corrected chi connectivity index (χ2v) is 9.33. The third-order valence-corrected chi connectivity index (χ3v) is 7.03. The van der Waals surface area contributed by atoms with Crippen molar-refractivity contribution in [2.24, 2.45) is 0 Å². The maximum absolute atomic E-state index is 14.0. The highest BCUT2D eigenvalue weighted by atomic mass is 32.2. The largest absolute Gasteiger partial charge is 0.438 e. The molecule has 0 saturated carbocycles. The Kier molecular flexibility index (Phi) is 5.83. The van der Waals surface area contributed by atoms with Crippen molar-refractivity contribution >= 4 is 34.1 Å². The van der Waals surface area contributed by atoms with Gasteiger partial charge in [0.2, 0.25) is 11.8 Å². The van der Waals surface area contributed by atoms with Crippen molar-refractivity contribution in [2.75, 3.05) is 11.1 Å². The minimum Gasteiger partial charge on any atom is -0.438 e. The molecule has 1 aliphatic heterocycles. The Morgan fingerprint density at radius 1 is 0.889 bits per heavy atom. The first-order valence-electron chi connectivity index (χ1n) is 11.5. The SMILES string of the molecule is O=C(CSc1nc(-c2ccccc2)nc2c1Cc1c(ccc3ccccc13)O2)Nc1ccccc1F. The Labute approximate surface area is 211 Å². The Morgan fingerprint density at radius 3 is 2.53 bits per heavy atom. The van der Waals surface area contributed by atoms with E-state index in [2.05, 4.69) is 17.4 Å². The topological polar surface area (TPSA) is 64.1 Å². The molecule has 1 amide bonds. The zero-order chi connectivity index (χ0) is 24.5. The van der Waals surface area contributed by atoms with Gasteiger partial charge in [0.1, 0.15) is 16.6 Å².